The normalized spacial score (nSPS) is 5.87. The summed E-state index contributed by atoms with van der Waals surface area (Å²) in [6.45, 7) is 0. The number of rotatable bonds is 0. The fourth-order valence-corrected chi connectivity index (χ4v) is 0. The van der Waals surface area contributed by atoms with Crippen molar-refractivity contribution in [1.82, 2.24) is 0 Å². The standard InChI is InChI=1S/3BH3O3.BHO3.BO3.Gd.Mg.H3P/c5*2-1(3)4;;;/h3*2-4H;2H;;;;1H3/q;;;-2;-3;+3;+2;. The predicted octanol–water partition coefficient (Wildman–Crippen LogP) is -13.7. The Kier molecular flexibility index (Phi) is 95.6. The van der Waals surface area contributed by atoms with Gasteiger partial charge in [0.2, 0.25) is 0 Å². The van der Waals surface area contributed by atoms with E-state index >= 15 is 0 Å². The van der Waals surface area contributed by atoms with Gasteiger partial charge in [-0.15, -0.1) is 0 Å². The molecule has 0 aliphatic heterocycles. The molecule has 0 bridgehead atoms. The summed E-state index contributed by atoms with van der Waals surface area (Å²) in [6, 6.07) is 0. The molecule has 0 fully saturated rings. The summed E-state index contributed by atoms with van der Waals surface area (Å²) in [7, 11) is -12.1. The van der Waals surface area contributed by atoms with Crippen molar-refractivity contribution in [3.05, 3.63) is 0 Å². The first kappa shape index (κ1) is 49.9. The van der Waals surface area contributed by atoms with Gasteiger partial charge in [0.25, 0.3) is 0 Å². The smallest absolute Gasteiger partial charge is 0.907 e. The van der Waals surface area contributed by atoms with E-state index in [1.165, 1.54) is 0 Å². The first-order chi connectivity index (χ1) is 8.66. The molecule has 0 saturated heterocycles. The Morgan fingerprint density at radius 3 is 0.478 bits per heavy atom. The average Bonchev–Trinajstić information content (AvgIpc) is 1.94. The Morgan fingerprint density at radius 2 is 0.478 bits per heavy atom. The van der Waals surface area contributed by atoms with Gasteiger partial charge in [-0.1, -0.05) is 0 Å². The van der Waals surface area contributed by atoms with Crippen LogP contribution in [-0.2, 0) is 0 Å². The molecule has 133 valence electrons. The maximum atomic E-state index is 8.53. The van der Waals surface area contributed by atoms with Gasteiger partial charge in [0.1, 0.15) is 0 Å². The van der Waals surface area contributed by atoms with Gasteiger partial charge in [-0.05, 0) is 0 Å². The molecule has 0 aromatic rings. The van der Waals surface area contributed by atoms with Crippen LogP contribution in [0.3, 0.4) is 0 Å². The van der Waals surface area contributed by atoms with Crippen LogP contribution in [0.25, 0.3) is 0 Å². The van der Waals surface area contributed by atoms with E-state index in [4.69, 9.17) is 75.4 Å². The molecule has 0 rings (SSSR count). The summed E-state index contributed by atoms with van der Waals surface area (Å²) in [6.07, 6.45) is 0. The van der Waals surface area contributed by atoms with Crippen molar-refractivity contribution < 1.29 is 115 Å². The third kappa shape index (κ3) is 2380. The molecule has 0 aliphatic carbocycles. The molecule has 0 saturated carbocycles. The zero-order valence-electron chi connectivity index (χ0n) is 11.2. The second-order valence-electron chi connectivity index (χ2n) is 1.63. The molecular formula is H13B5GdMgO15P. The van der Waals surface area contributed by atoms with Crippen LogP contribution in [0.2, 0.25) is 0 Å². The quantitative estimate of drug-likeness (QED) is 0.105. The number of hydrogen-bond donors (Lipinski definition) is 10. The first-order valence-electron chi connectivity index (χ1n) is 3.76. The van der Waals surface area contributed by atoms with E-state index in [-0.39, 0.29) is 72.9 Å². The molecule has 10 N–H and O–H groups in total. The molecule has 0 aromatic carbocycles. The third-order valence-electron chi connectivity index (χ3n) is 0. The molecule has 15 nitrogen and oxygen atoms in total. The molecule has 0 spiro atoms. The third-order valence-corrected chi connectivity index (χ3v) is 0. The van der Waals surface area contributed by atoms with Crippen LogP contribution < -0.4 is 25.1 Å². The Morgan fingerprint density at radius 1 is 0.478 bits per heavy atom. The monoisotopic (exact) mass is 521 g/mol. The van der Waals surface area contributed by atoms with E-state index in [2.05, 4.69) is 0 Å². The predicted molar refractivity (Wildman–Crippen MR) is 67.8 cm³/mol. The zero-order chi connectivity index (χ0) is 17.9. The first-order valence-corrected chi connectivity index (χ1v) is 3.76. The van der Waals surface area contributed by atoms with Crippen molar-refractivity contribution in [2.45, 2.75) is 0 Å². The van der Waals surface area contributed by atoms with Crippen LogP contribution in [0, 0.1) is 39.9 Å². The zero-order valence-corrected chi connectivity index (χ0v) is 16.3. The molecule has 0 aliphatic rings. The Labute approximate surface area is 183 Å². The fourth-order valence-electron chi connectivity index (χ4n) is 0. The van der Waals surface area contributed by atoms with E-state index in [1.54, 1.807) is 0 Å². The minimum absolute atomic E-state index is 0. The van der Waals surface area contributed by atoms with Crippen molar-refractivity contribution >= 4 is 69.6 Å². The minimum atomic E-state index is -2.92. The van der Waals surface area contributed by atoms with Crippen LogP contribution in [0.1, 0.15) is 0 Å². The molecule has 0 aromatic heterocycles. The Balaban J connectivity index is -0.0000000197. The molecule has 23 heavy (non-hydrogen) atoms. The van der Waals surface area contributed by atoms with Gasteiger partial charge in [0.05, 0.1) is 7.32 Å². The Bertz CT molecular complexity index is 92.4. The molecule has 0 amide bonds. The summed E-state index contributed by atoms with van der Waals surface area (Å²) in [5.74, 6) is 0. The maximum Gasteiger partial charge on any atom is 3.00 e. The van der Waals surface area contributed by atoms with E-state index in [9.17, 15) is 0 Å². The van der Waals surface area contributed by atoms with Gasteiger partial charge in [-0.2, -0.15) is 9.90 Å². The van der Waals surface area contributed by atoms with Crippen molar-refractivity contribution in [2.75, 3.05) is 0 Å². The summed E-state index contributed by atoms with van der Waals surface area (Å²) in [5, 5.41) is 114. The second kappa shape index (κ2) is 44.1. The number of hydrogen-bond acceptors (Lipinski definition) is 15. The van der Waals surface area contributed by atoms with Crippen LogP contribution in [0.4, 0.5) is 0 Å². The van der Waals surface area contributed by atoms with Gasteiger partial charge < -0.3 is 75.4 Å². The summed E-state index contributed by atoms with van der Waals surface area (Å²) in [5.41, 5.74) is 0. The van der Waals surface area contributed by atoms with Crippen molar-refractivity contribution in [3.63, 3.8) is 0 Å². The van der Waals surface area contributed by atoms with Crippen molar-refractivity contribution in [2.24, 2.45) is 0 Å². The molecule has 1 radical (unpaired) electrons. The van der Waals surface area contributed by atoms with Crippen LogP contribution >= 0.6 is 9.90 Å². The second-order valence-corrected chi connectivity index (χ2v) is 1.63. The topological polar surface area (TPSA) is 318 Å². The molecule has 1 unspecified atom stereocenters. The largest absolute Gasteiger partial charge is 3.00 e. The van der Waals surface area contributed by atoms with Gasteiger partial charge in [0, 0.05) is 0 Å². The summed E-state index contributed by atoms with van der Waals surface area (Å²) >= 11 is 0. The molecule has 0 heterocycles. The molecule has 1 atom stereocenters. The van der Waals surface area contributed by atoms with E-state index in [0.29, 0.717) is 0 Å². The van der Waals surface area contributed by atoms with Gasteiger partial charge in [0.15, 0.2) is 0 Å². The van der Waals surface area contributed by atoms with Crippen molar-refractivity contribution in [3.8, 4) is 0 Å². The van der Waals surface area contributed by atoms with Crippen LogP contribution in [-0.4, -0.2) is 110 Å². The molecular weight excluding hydrogens is 507 g/mol. The van der Waals surface area contributed by atoms with Crippen LogP contribution in [0.5, 0.6) is 0 Å². The van der Waals surface area contributed by atoms with E-state index in [1.807, 2.05) is 0 Å². The summed E-state index contributed by atoms with van der Waals surface area (Å²) in [4.78, 5) is 0. The van der Waals surface area contributed by atoms with Gasteiger partial charge >= 0.3 is 85.0 Å². The van der Waals surface area contributed by atoms with Crippen LogP contribution in [0.15, 0.2) is 0 Å². The SMILES string of the molecule is OB(O)O.OB(O)O.OB(O)O.P.[Gd+3].[Mg+2].[O-]B([O-])O.[O-]B([O-])[O-]. The summed E-state index contributed by atoms with van der Waals surface area (Å²) < 4.78 is 0. The molecule has 23 heteroatoms. The van der Waals surface area contributed by atoms with E-state index < -0.39 is 36.6 Å². The Hall–Kier alpha value is 2.25. The fraction of sp³-hybridized carbons (Fsp3) is 0. The van der Waals surface area contributed by atoms with E-state index in [0.717, 1.165) is 0 Å². The van der Waals surface area contributed by atoms with Crippen molar-refractivity contribution in [1.29, 1.82) is 0 Å². The van der Waals surface area contributed by atoms with Gasteiger partial charge in [-0.3, -0.25) is 7.32 Å². The maximum absolute atomic E-state index is 8.53. The minimum Gasteiger partial charge on any atom is -0.907 e. The average molecular weight is 520 g/mol. The van der Waals surface area contributed by atoms with Gasteiger partial charge in [-0.25, -0.2) is 0 Å².